The van der Waals surface area contributed by atoms with Crippen molar-refractivity contribution in [2.24, 2.45) is 5.92 Å². The van der Waals surface area contributed by atoms with E-state index in [1.165, 1.54) is 0 Å². The Morgan fingerprint density at radius 1 is 1.30 bits per heavy atom. The smallest absolute Gasteiger partial charge is 0.252 e. The average Bonchev–Trinajstić information content (AvgIpc) is 3.11. The standard InChI is InChI=1S/C21H22N4O2/c1-13-4-5-18-16(7-13)17(8-19(25-18)14-3-2-6-22-9-14)21(27)24-11-15-10-23-12-20(15)26/h2-9,15,20,23,26H,10-12H2,1H3,(H,24,27). The van der Waals surface area contributed by atoms with Gasteiger partial charge in [0.15, 0.2) is 0 Å². The number of aliphatic hydroxyl groups excluding tert-OH is 1. The van der Waals surface area contributed by atoms with E-state index in [2.05, 4.69) is 15.6 Å². The number of amides is 1. The zero-order valence-corrected chi connectivity index (χ0v) is 15.1. The van der Waals surface area contributed by atoms with Gasteiger partial charge in [0.2, 0.25) is 0 Å². The summed E-state index contributed by atoms with van der Waals surface area (Å²) in [5.41, 5.74) is 4.01. The van der Waals surface area contributed by atoms with Gasteiger partial charge in [-0.2, -0.15) is 0 Å². The van der Waals surface area contributed by atoms with Gasteiger partial charge in [-0.15, -0.1) is 0 Å². The number of nitrogens with zero attached hydrogens (tertiary/aromatic N) is 2. The molecule has 3 N–H and O–H groups in total. The maximum absolute atomic E-state index is 13.0. The van der Waals surface area contributed by atoms with Crippen LogP contribution in [0.4, 0.5) is 0 Å². The van der Waals surface area contributed by atoms with Crippen LogP contribution >= 0.6 is 0 Å². The minimum Gasteiger partial charge on any atom is -0.391 e. The first-order valence-electron chi connectivity index (χ1n) is 9.10. The van der Waals surface area contributed by atoms with Gasteiger partial charge in [-0.05, 0) is 37.3 Å². The van der Waals surface area contributed by atoms with Crippen LogP contribution in [-0.2, 0) is 0 Å². The SMILES string of the molecule is Cc1ccc2nc(-c3cccnc3)cc(C(=O)NCC3CNCC3O)c2c1. The molecule has 2 atom stereocenters. The van der Waals surface area contributed by atoms with Gasteiger partial charge in [-0.1, -0.05) is 11.6 Å². The molecule has 0 spiro atoms. The molecule has 1 aromatic carbocycles. The van der Waals surface area contributed by atoms with E-state index in [-0.39, 0.29) is 11.8 Å². The fourth-order valence-electron chi connectivity index (χ4n) is 3.44. The topological polar surface area (TPSA) is 87.1 Å². The Bertz CT molecular complexity index is 975. The summed E-state index contributed by atoms with van der Waals surface area (Å²) in [6.45, 7) is 3.71. The average molecular weight is 362 g/mol. The number of carbonyl (C=O) groups excluding carboxylic acids is 1. The molecule has 1 fully saturated rings. The number of hydrogen-bond donors (Lipinski definition) is 3. The number of aliphatic hydroxyl groups is 1. The largest absolute Gasteiger partial charge is 0.391 e. The molecule has 1 aliphatic heterocycles. The number of aryl methyl sites for hydroxylation is 1. The van der Waals surface area contributed by atoms with Crippen LogP contribution in [0.25, 0.3) is 22.2 Å². The van der Waals surface area contributed by atoms with Crippen LogP contribution in [0.15, 0.2) is 48.8 Å². The van der Waals surface area contributed by atoms with Crippen LogP contribution in [0.2, 0.25) is 0 Å². The van der Waals surface area contributed by atoms with Crippen molar-refractivity contribution in [2.45, 2.75) is 13.0 Å². The van der Waals surface area contributed by atoms with Gasteiger partial charge in [0.25, 0.3) is 5.91 Å². The Morgan fingerprint density at radius 3 is 2.93 bits per heavy atom. The van der Waals surface area contributed by atoms with Crippen LogP contribution in [0.5, 0.6) is 0 Å². The number of pyridine rings is 2. The molecule has 138 valence electrons. The third-order valence-electron chi connectivity index (χ3n) is 5.00. The Labute approximate surface area is 157 Å². The fourth-order valence-corrected chi connectivity index (χ4v) is 3.44. The van der Waals surface area contributed by atoms with Gasteiger partial charge in [0.1, 0.15) is 0 Å². The molecule has 1 saturated heterocycles. The monoisotopic (exact) mass is 362 g/mol. The van der Waals surface area contributed by atoms with E-state index in [1.807, 2.05) is 43.3 Å². The highest BCUT2D eigenvalue weighted by Crippen LogP contribution is 2.25. The maximum Gasteiger partial charge on any atom is 0.252 e. The van der Waals surface area contributed by atoms with Crippen molar-refractivity contribution in [3.05, 3.63) is 59.9 Å². The number of rotatable bonds is 4. The minimum absolute atomic E-state index is 0.0292. The number of benzene rings is 1. The Kier molecular flexibility index (Phi) is 4.83. The first-order chi connectivity index (χ1) is 13.1. The lowest BCUT2D eigenvalue weighted by Crippen LogP contribution is -2.34. The van der Waals surface area contributed by atoms with E-state index in [0.29, 0.717) is 30.9 Å². The zero-order valence-electron chi connectivity index (χ0n) is 15.1. The summed E-state index contributed by atoms with van der Waals surface area (Å²) in [4.78, 5) is 21.8. The van der Waals surface area contributed by atoms with Gasteiger partial charge < -0.3 is 15.7 Å². The molecule has 6 heteroatoms. The molecule has 0 bridgehead atoms. The van der Waals surface area contributed by atoms with Gasteiger partial charge in [-0.25, -0.2) is 4.98 Å². The normalized spacial score (nSPS) is 19.3. The summed E-state index contributed by atoms with van der Waals surface area (Å²) < 4.78 is 0. The third-order valence-corrected chi connectivity index (χ3v) is 5.00. The lowest BCUT2D eigenvalue weighted by atomic mass is 10.0. The van der Waals surface area contributed by atoms with E-state index in [4.69, 9.17) is 4.98 Å². The summed E-state index contributed by atoms with van der Waals surface area (Å²) in [6.07, 6.45) is 3.03. The second-order valence-electron chi connectivity index (χ2n) is 7.01. The zero-order chi connectivity index (χ0) is 18.8. The van der Waals surface area contributed by atoms with Crippen LogP contribution in [0.1, 0.15) is 15.9 Å². The Hall–Kier alpha value is -2.83. The summed E-state index contributed by atoms with van der Waals surface area (Å²) in [7, 11) is 0. The van der Waals surface area contributed by atoms with Crippen molar-refractivity contribution in [1.29, 1.82) is 0 Å². The number of nitrogens with one attached hydrogen (secondary N) is 2. The number of fused-ring (bicyclic) bond motifs is 1. The molecule has 27 heavy (non-hydrogen) atoms. The van der Waals surface area contributed by atoms with Gasteiger partial charge in [-0.3, -0.25) is 9.78 Å². The molecule has 2 aromatic heterocycles. The van der Waals surface area contributed by atoms with E-state index >= 15 is 0 Å². The molecule has 1 aliphatic rings. The van der Waals surface area contributed by atoms with Gasteiger partial charge in [0.05, 0.1) is 22.9 Å². The van der Waals surface area contributed by atoms with Crippen molar-refractivity contribution in [3.63, 3.8) is 0 Å². The highest BCUT2D eigenvalue weighted by molar-refractivity contribution is 6.07. The van der Waals surface area contributed by atoms with E-state index in [0.717, 1.165) is 22.0 Å². The van der Waals surface area contributed by atoms with Crippen LogP contribution in [0.3, 0.4) is 0 Å². The van der Waals surface area contributed by atoms with Crippen LogP contribution in [-0.4, -0.2) is 46.7 Å². The Morgan fingerprint density at radius 2 is 2.19 bits per heavy atom. The van der Waals surface area contributed by atoms with E-state index < -0.39 is 6.10 Å². The minimum atomic E-state index is -0.423. The number of carbonyl (C=O) groups is 1. The molecule has 6 nitrogen and oxygen atoms in total. The summed E-state index contributed by atoms with van der Waals surface area (Å²) in [5.74, 6) is -0.126. The van der Waals surface area contributed by atoms with Gasteiger partial charge in [0, 0.05) is 48.9 Å². The second-order valence-corrected chi connectivity index (χ2v) is 7.01. The molecule has 2 unspecified atom stereocenters. The molecular formula is C21H22N4O2. The first-order valence-corrected chi connectivity index (χ1v) is 9.10. The summed E-state index contributed by atoms with van der Waals surface area (Å²) >= 11 is 0. The molecule has 4 rings (SSSR count). The van der Waals surface area contributed by atoms with Crippen LogP contribution in [0, 0.1) is 12.8 Å². The Balaban J connectivity index is 1.70. The molecule has 1 amide bonds. The lowest BCUT2D eigenvalue weighted by Gasteiger charge is -2.15. The molecule has 0 aliphatic carbocycles. The second kappa shape index (κ2) is 7.42. The lowest BCUT2D eigenvalue weighted by molar-refractivity contribution is 0.0928. The number of hydrogen-bond acceptors (Lipinski definition) is 5. The van der Waals surface area contributed by atoms with Crippen molar-refractivity contribution < 1.29 is 9.90 Å². The van der Waals surface area contributed by atoms with Gasteiger partial charge >= 0.3 is 0 Å². The summed E-state index contributed by atoms with van der Waals surface area (Å²) in [5, 5.41) is 16.9. The van der Waals surface area contributed by atoms with Crippen molar-refractivity contribution in [2.75, 3.05) is 19.6 Å². The van der Waals surface area contributed by atoms with E-state index in [1.54, 1.807) is 12.4 Å². The van der Waals surface area contributed by atoms with Crippen molar-refractivity contribution in [3.8, 4) is 11.3 Å². The number of β-amino-alcohol motifs (C(OH)–C–C–N with tert-alkyl or cyclic N) is 1. The third kappa shape index (κ3) is 3.67. The molecule has 0 radical (unpaired) electrons. The highest BCUT2D eigenvalue weighted by atomic mass is 16.3. The predicted octanol–water partition coefficient (Wildman–Crippen LogP) is 1.92. The van der Waals surface area contributed by atoms with E-state index in [9.17, 15) is 9.90 Å². The van der Waals surface area contributed by atoms with Crippen molar-refractivity contribution in [1.82, 2.24) is 20.6 Å². The van der Waals surface area contributed by atoms with Crippen molar-refractivity contribution >= 4 is 16.8 Å². The molecular weight excluding hydrogens is 340 g/mol. The predicted molar refractivity (Wildman–Crippen MR) is 104 cm³/mol. The quantitative estimate of drug-likeness (QED) is 0.660. The maximum atomic E-state index is 13.0. The highest BCUT2D eigenvalue weighted by Gasteiger charge is 2.25. The molecule has 3 heterocycles. The fraction of sp³-hybridized carbons (Fsp3) is 0.286. The van der Waals surface area contributed by atoms with Crippen LogP contribution < -0.4 is 10.6 Å². The summed E-state index contributed by atoms with van der Waals surface area (Å²) in [6, 6.07) is 11.5. The first kappa shape index (κ1) is 17.6. The molecule has 0 saturated carbocycles. The molecule has 3 aromatic rings. The number of aromatic nitrogens is 2.